The fourth-order valence-corrected chi connectivity index (χ4v) is 6.60. The SMILES string of the molecule is c1ccc(-c2ccccc2-c2cccc(N(c3ccccc3)c3cccc4c(-c5cccc6ccccc56)cccc34)c2)cc1. The fourth-order valence-electron chi connectivity index (χ4n) is 6.60. The van der Waals surface area contributed by atoms with Crippen molar-refractivity contribution in [3.8, 4) is 33.4 Å². The Balaban J connectivity index is 1.32. The number of nitrogens with zero attached hydrogens (tertiary/aromatic N) is 1. The quantitative estimate of drug-likeness (QED) is 0.191. The minimum Gasteiger partial charge on any atom is -0.310 e. The van der Waals surface area contributed by atoms with Gasteiger partial charge in [-0.05, 0) is 79.9 Å². The third kappa shape index (κ3) is 4.95. The van der Waals surface area contributed by atoms with Crippen molar-refractivity contribution >= 4 is 38.6 Å². The van der Waals surface area contributed by atoms with Gasteiger partial charge in [0, 0.05) is 16.8 Å². The number of fused-ring (bicyclic) bond motifs is 2. The second kappa shape index (κ2) is 11.6. The first-order valence-electron chi connectivity index (χ1n) is 15.5. The summed E-state index contributed by atoms with van der Waals surface area (Å²) in [6.07, 6.45) is 0. The Hall–Kier alpha value is -5.92. The Morgan fingerprint density at radius 2 is 0.778 bits per heavy atom. The highest BCUT2D eigenvalue weighted by Crippen LogP contribution is 2.43. The van der Waals surface area contributed by atoms with Crippen LogP contribution in [0.4, 0.5) is 17.1 Å². The van der Waals surface area contributed by atoms with Gasteiger partial charge in [0.15, 0.2) is 0 Å². The summed E-state index contributed by atoms with van der Waals surface area (Å²) >= 11 is 0. The monoisotopic (exact) mass is 573 g/mol. The van der Waals surface area contributed by atoms with Crippen LogP contribution in [0.3, 0.4) is 0 Å². The summed E-state index contributed by atoms with van der Waals surface area (Å²) in [7, 11) is 0. The summed E-state index contributed by atoms with van der Waals surface area (Å²) in [5.41, 5.74) is 10.7. The normalized spacial score (nSPS) is 11.1. The molecule has 0 N–H and O–H groups in total. The van der Waals surface area contributed by atoms with Gasteiger partial charge in [-0.25, -0.2) is 0 Å². The maximum absolute atomic E-state index is 2.39. The topological polar surface area (TPSA) is 3.24 Å². The van der Waals surface area contributed by atoms with Crippen molar-refractivity contribution in [2.45, 2.75) is 0 Å². The largest absolute Gasteiger partial charge is 0.310 e. The Morgan fingerprint density at radius 3 is 1.60 bits per heavy atom. The van der Waals surface area contributed by atoms with Crippen molar-refractivity contribution in [2.75, 3.05) is 4.90 Å². The number of rotatable bonds is 6. The van der Waals surface area contributed by atoms with Gasteiger partial charge in [-0.15, -0.1) is 0 Å². The second-order valence-electron chi connectivity index (χ2n) is 11.3. The molecule has 8 aromatic rings. The number of hydrogen-bond donors (Lipinski definition) is 0. The van der Waals surface area contributed by atoms with E-state index in [-0.39, 0.29) is 0 Å². The molecule has 0 aliphatic rings. The Bertz CT molecular complexity index is 2260. The van der Waals surface area contributed by atoms with Crippen LogP contribution >= 0.6 is 0 Å². The van der Waals surface area contributed by atoms with E-state index in [0.717, 1.165) is 17.1 Å². The van der Waals surface area contributed by atoms with Crippen LogP contribution < -0.4 is 4.90 Å². The Kier molecular flexibility index (Phi) is 6.90. The van der Waals surface area contributed by atoms with Gasteiger partial charge in [-0.1, -0.05) is 158 Å². The van der Waals surface area contributed by atoms with E-state index in [1.54, 1.807) is 0 Å². The molecule has 45 heavy (non-hydrogen) atoms. The van der Waals surface area contributed by atoms with Crippen molar-refractivity contribution in [1.82, 2.24) is 0 Å². The zero-order valence-corrected chi connectivity index (χ0v) is 24.8. The zero-order valence-electron chi connectivity index (χ0n) is 24.8. The molecule has 0 fully saturated rings. The number of para-hydroxylation sites is 1. The molecule has 0 amide bonds. The molecule has 1 nitrogen and oxygen atoms in total. The van der Waals surface area contributed by atoms with Crippen molar-refractivity contribution in [1.29, 1.82) is 0 Å². The maximum Gasteiger partial charge on any atom is 0.0540 e. The molecule has 1 heteroatoms. The Morgan fingerprint density at radius 1 is 0.289 bits per heavy atom. The van der Waals surface area contributed by atoms with Crippen LogP contribution in [-0.4, -0.2) is 0 Å². The molecular weight excluding hydrogens is 542 g/mol. The van der Waals surface area contributed by atoms with Gasteiger partial charge in [-0.2, -0.15) is 0 Å². The van der Waals surface area contributed by atoms with Gasteiger partial charge in [-0.3, -0.25) is 0 Å². The minimum atomic E-state index is 1.12. The van der Waals surface area contributed by atoms with E-state index >= 15 is 0 Å². The molecule has 8 aromatic carbocycles. The lowest BCUT2D eigenvalue weighted by atomic mass is 9.93. The highest BCUT2D eigenvalue weighted by Gasteiger charge is 2.18. The fraction of sp³-hybridized carbons (Fsp3) is 0. The van der Waals surface area contributed by atoms with Crippen molar-refractivity contribution < 1.29 is 0 Å². The van der Waals surface area contributed by atoms with Crippen molar-refractivity contribution in [3.05, 3.63) is 188 Å². The summed E-state index contributed by atoms with van der Waals surface area (Å²) in [5, 5.41) is 4.96. The van der Waals surface area contributed by atoms with E-state index in [1.807, 2.05) is 0 Å². The molecule has 0 aliphatic heterocycles. The van der Waals surface area contributed by atoms with E-state index in [9.17, 15) is 0 Å². The lowest BCUT2D eigenvalue weighted by molar-refractivity contribution is 1.30. The number of anilines is 3. The van der Waals surface area contributed by atoms with Crippen molar-refractivity contribution in [3.63, 3.8) is 0 Å². The van der Waals surface area contributed by atoms with Crippen LogP contribution in [0.2, 0.25) is 0 Å². The molecule has 0 saturated heterocycles. The molecule has 0 saturated carbocycles. The molecule has 212 valence electrons. The van der Waals surface area contributed by atoms with Gasteiger partial charge in [0.2, 0.25) is 0 Å². The van der Waals surface area contributed by atoms with E-state index < -0.39 is 0 Å². The molecule has 0 radical (unpaired) electrons. The average Bonchev–Trinajstić information content (AvgIpc) is 3.12. The molecule has 0 unspecified atom stereocenters. The predicted molar refractivity (Wildman–Crippen MR) is 192 cm³/mol. The minimum absolute atomic E-state index is 1.12. The van der Waals surface area contributed by atoms with E-state index in [1.165, 1.54) is 54.9 Å². The van der Waals surface area contributed by atoms with Crippen LogP contribution in [0.25, 0.3) is 54.9 Å². The first-order valence-corrected chi connectivity index (χ1v) is 15.5. The third-order valence-corrected chi connectivity index (χ3v) is 8.66. The van der Waals surface area contributed by atoms with Crippen LogP contribution in [0.1, 0.15) is 0 Å². The molecule has 8 rings (SSSR count). The first kappa shape index (κ1) is 26.7. The molecular formula is C44H31N. The molecule has 0 bridgehead atoms. The van der Waals surface area contributed by atoms with Crippen LogP contribution in [-0.2, 0) is 0 Å². The van der Waals surface area contributed by atoms with Crippen LogP contribution in [0.5, 0.6) is 0 Å². The summed E-state index contributed by atoms with van der Waals surface area (Å²) < 4.78 is 0. The van der Waals surface area contributed by atoms with E-state index in [0.29, 0.717) is 0 Å². The van der Waals surface area contributed by atoms with E-state index in [4.69, 9.17) is 0 Å². The highest BCUT2D eigenvalue weighted by molar-refractivity contribution is 6.10. The number of hydrogen-bond acceptors (Lipinski definition) is 1. The maximum atomic E-state index is 2.39. The highest BCUT2D eigenvalue weighted by atomic mass is 15.1. The van der Waals surface area contributed by atoms with Gasteiger partial charge < -0.3 is 4.90 Å². The first-order chi connectivity index (χ1) is 22.3. The zero-order chi connectivity index (χ0) is 30.0. The summed E-state index contributed by atoms with van der Waals surface area (Å²) in [4.78, 5) is 2.39. The van der Waals surface area contributed by atoms with Gasteiger partial charge >= 0.3 is 0 Å². The van der Waals surface area contributed by atoms with Gasteiger partial charge in [0.05, 0.1) is 5.69 Å². The molecule has 0 aromatic heterocycles. The molecule has 0 aliphatic carbocycles. The van der Waals surface area contributed by atoms with E-state index in [2.05, 4.69) is 193 Å². The smallest absolute Gasteiger partial charge is 0.0540 e. The van der Waals surface area contributed by atoms with Crippen molar-refractivity contribution in [2.24, 2.45) is 0 Å². The van der Waals surface area contributed by atoms with Gasteiger partial charge in [0.25, 0.3) is 0 Å². The molecule has 0 heterocycles. The Labute approximate surface area is 264 Å². The van der Waals surface area contributed by atoms with Crippen LogP contribution in [0, 0.1) is 0 Å². The lowest BCUT2D eigenvalue weighted by Crippen LogP contribution is -2.10. The predicted octanol–water partition coefficient (Wildman–Crippen LogP) is 12.5. The molecule has 0 atom stereocenters. The third-order valence-electron chi connectivity index (χ3n) is 8.66. The molecule has 0 spiro atoms. The average molecular weight is 574 g/mol. The number of benzene rings is 8. The summed E-state index contributed by atoms with van der Waals surface area (Å²) in [6, 6.07) is 67.6. The summed E-state index contributed by atoms with van der Waals surface area (Å²) in [5.74, 6) is 0. The standard InChI is InChI=1S/C44H31N/c1-3-15-32(16-4-1)37-23-9-10-25-39(37)34-19-11-22-36(31-34)45(35-20-5-2-6-21-35)44-30-14-28-42-41(27-13-29-43(42)44)40-26-12-18-33-17-7-8-24-38(33)40/h1-31H. The lowest BCUT2D eigenvalue weighted by Gasteiger charge is -2.28. The van der Waals surface area contributed by atoms with Gasteiger partial charge in [0.1, 0.15) is 0 Å². The second-order valence-corrected chi connectivity index (χ2v) is 11.3. The summed E-state index contributed by atoms with van der Waals surface area (Å²) in [6.45, 7) is 0. The van der Waals surface area contributed by atoms with Crippen LogP contribution in [0.15, 0.2) is 188 Å².